The molecule has 1 aliphatic heterocycles. The third kappa shape index (κ3) is 1.59. The molecule has 0 bridgehead atoms. The average Bonchev–Trinajstić information content (AvgIpc) is 2.75. The fourth-order valence-electron chi connectivity index (χ4n) is 2.51. The zero-order valence-corrected chi connectivity index (χ0v) is 10.1. The van der Waals surface area contributed by atoms with Gasteiger partial charge >= 0.3 is 0 Å². The Balaban J connectivity index is 2.16. The summed E-state index contributed by atoms with van der Waals surface area (Å²) in [4.78, 5) is 5.79. The average molecular weight is 226 g/mol. The summed E-state index contributed by atoms with van der Waals surface area (Å²) in [5.41, 5.74) is 3.71. The summed E-state index contributed by atoms with van der Waals surface area (Å²) < 4.78 is 2.18. The summed E-state index contributed by atoms with van der Waals surface area (Å²) in [6, 6.07) is 13.0. The van der Waals surface area contributed by atoms with Gasteiger partial charge in [-0.25, -0.2) is 4.99 Å². The lowest BCUT2D eigenvalue weighted by molar-refractivity contribution is -0.806. The number of hydrogen-bond acceptors (Lipinski definition) is 1. The van der Waals surface area contributed by atoms with Crippen molar-refractivity contribution in [3.63, 3.8) is 0 Å². The smallest absolute Gasteiger partial charge is 0.189 e. The fraction of sp³-hybridized carbons (Fsp3) is 0.214. The second-order valence-electron chi connectivity index (χ2n) is 4.54. The topological polar surface area (TPSA) is 21.7 Å². The third-order valence-corrected chi connectivity index (χ3v) is 3.39. The van der Waals surface area contributed by atoms with Gasteiger partial charge in [0.25, 0.3) is 0 Å². The van der Waals surface area contributed by atoms with Gasteiger partial charge in [-0.2, -0.15) is 0 Å². The quantitative estimate of drug-likeness (QED) is 0.757. The summed E-state index contributed by atoms with van der Waals surface area (Å²) >= 11 is 0. The van der Waals surface area contributed by atoms with Crippen molar-refractivity contribution in [1.82, 2.24) is 4.57 Å². The normalized spacial score (nSPS) is 22.5. The van der Waals surface area contributed by atoms with Gasteiger partial charge in [-0.3, -0.25) is 4.90 Å². The number of quaternary nitrogens is 1. The standard InChI is InChI=1S/C14H15N3/c1-16-9-5-8-13(16)14-11-6-3-4-7-12(11)15-10-17(14)2/h3-10,14H,1-2H3/p+1. The lowest BCUT2D eigenvalue weighted by Gasteiger charge is -2.26. The molecule has 0 radical (unpaired) electrons. The van der Waals surface area contributed by atoms with Crippen molar-refractivity contribution in [1.29, 1.82) is 0 Å². The van der Waals surface area contributed by atoms with Crippen molar-refractivity contribution in [3.8, 4) is 0 Å². The number of aliphatic imine (C=N–C) groups is 1. The number of benzene rings is 1. The molecule has 2 atom stereocenters. The SMILES string of the molecule is Cn1cccc1C1c2ccccc2N=C[NH+]1C. The molecule has 0 fully saturated rings. The Kier molecular flexibility index (Phi) is 2.34. The lowest BCUT2D eigenvalue weighted by Crippen LogP contribution is -3.09. The Labute approximate surface area is 101 Å². The molecule has 1 aromatic carbocycles. The molecular weight excluding hydrogens is 210 g/mol. The van der Waals surface area contributed by atoms with E-state index < -0.39 is 0 Å². The molecule has 0 amide bonds. The van der Waals surface area contributed by atoms with E-state index in [-0.39, 0.29) is 0 Å². The van der Waals surface area contributed by atoms with E-state index in [2.05, 4.69) is 60.2 Å². The Morgan fingerprint density at radius 2 is 2.00 bits per heavy atom. The van der Waals surface area contributed by atoms with Crippen molar-refractivity contribution in [2.45, 2.75) is 6.04 Å². The van der Waals surface area contributed by atoms with Crippen LogP contribution in [0.1, 0.15) is 17.3 Å². The van der Waals surface area contributed by atoms with Crippen LogP contribution in [0.5, 0.6) is 0 Å². The lowest BCUT2D eigenvalue weighted by atomic mass is 9.99. The largest absolute Gasteiger partial charge is 0.349 e. The van der Waals surface area contributed by atoms with Gasteiger partial charge in [-0.15, -0.1) is 0 Å². The predicted molar refractivity (Wildman–Crippen MR) is 68.7 cm³/mol. The molecule has 1 aromatic heterocycles. The molecule has 0 saturated heterocycles. The Bertz CT molecular complexity index is 568. The van der Waals surface area contributed by atoms with Crippen molar-refractivity contribution in [2.24, 2.45) is 12.0 Å². The van der Waals surface area contributed by atoms with Gasteiger partial charge in [0.1, 0.15) is 0 Å². The number of rotatable bonds is 1. The Morgan fingerprint density at radius 1 is 1.18 bits per heavy atom. The van der Waals surface area contributed by atoms with E-state index in [9.17, 15) is 0 Å². The van der Waals surface area contributed by atoms with Crippen molar-refractivity contribution in [3.05, 3.63) is 53.9 Å². The van der Waals surface area contributed by atoms with Crippen LogP contribution in [0.25, 0.3) is 0 Å². The highest BCUT2D eigenvalue weighted by molar-refractivity contribution is 5.62. The number of para-hydroxylation sites is 1. The van der Waals surface area contributed by atoms with Crippen molar-refractivity contribution >= 4 is 12.0 Å². The summed E-state index contributed by atoms with van der Waals surface area (Å²) in [6.45, 7) is 0. The van der Waals surface area contributed by atoms with Crippen LogP contribution in [-0.2, 0) is 7.05 Å². The zero-order chi connectivity index (χ0) is 11.8. The molecular formula is C14H16N3+. The summed E-state index contributed by atoms with van der Waals surface area (Å²) in [5.74, 6) is 0. The molecule has 2 heterocycles. The minimum absolute atomic E-state index is 0.337. The minimum Gasteiger partial charge on any atom is -0.349 e. The van der Waals surface area contributed by atoms with Crippen LogP contribution >= 0.6 is 0 Å². The van der Waals surface area contributed by atoms with Crippen LogP contribution in [0, 0.1) is 0 Å². The monoisotopic (exact) mass is 226 g/mol. The van der Waals surface area contributed by atoms with Gasteiger partial charge in [0.15, 0.2) is 12.4 Å². The highest BCUT2D eigenvalue weighted by atomic mass is 15.2. The van der Waals surface area contributed by atoms with Gasteiger partial charge in [-0.1, -0.05) is 18.2 Å². The number of nitrogens with zero attached hydrogens (tertiary/aromatic N) is 2. The molecule has 0 spiro atoms. The molecule has 1 N–H and O–H groups in total. The molecule has 17 heavy (non-hydrogen) atoms. The van der Waals surface area contributed by atoms with Crippen LogP contribution in [0.2, 0.25) is 0 Å². The fourth-order valence-corrected chi connectivity index (χ4v) is 2.51. The molecule has 1 aliphatic rings. The zero-order valence-electron chi connectivity index (χ0n) is 10.1. The summed E-state index contributed by atoms with van der Waals surface area (Å²) in [7, 11) is 4.24. The Morgan fingerprint density at radius 3 is 2.76 bits per heavy atom. The van der Waals surface area contributed by atoms with E-state index in [0.717, 1.165) is 5.69 Å². The van der Waals surface area contributed by atoms with E-state index in [1.54, 1.807) is 0 Å². The highest BCUT2D eigenvalue weighted by Gasteiger charge is 2.29. The van der Waals surface area contributed by atoms with Gasteiger partial charge < -0.3 is 4.57 Å². The molecule has 0 saturated carbocycles. The van der Waals surface area contributed by atoms with Crippen LogP contribution in [-0.4, -0.2) is 18.0 Å². The first-order valence-corrected chi connectivity index (χ1v) is 5.85. The van der Waals surface area contributed by atoms with Crippen LogP contribution in [0.15, 0.2) is 47.6 Å². The minimum atomic E-state index is 0.337. The molecule has 86 valence electrons. The molecule has 2 aromatic rings. The number of nitrogens with one attached hydrogen (secondary N) is 1. The maximum atomic E-state index is 4.49. The van der Waals surface area contributed by atoms with Crippen LogP contribution < -0.4 is 4.90 Å². The van der Waals surface area contributed by atoms with E-state index in [0.29, 0.717) is 6.04 Å². The van der Waals surface area contributed by atoms with E-state index in [1.807, 2.05) is 12.4 Å². The predicted octanol–water partition coefficient (Wildman–Crippen LogP) is 1.30. The first-order chi connectivity index (χ1) is 8.27. The van der Waals surface area contributed by atoms with Crippen LogP contribution in [0.3, 0.4) is 0 Å². The summed E-state index contributed by atoms with van der Waals surface area (Å²) in [6.07, 6.45) is 4.08. The number of aryl methyl sites for hydroxylation is 1. The number of aromatic nitrogens is 1. The molecule has 3 nitrogen and oxygen atoms in total. The Hall–Kier alpha value is -1.87. The maximum Gasteiger partial charge on any atom is 0.189 e. The molecule has 0 aliphatic carbocycles. The van der Waals surface area contributed by atoms with E-state index in [1.165, 1.54) is 16.2 Å². The van der Waals surface area contributed by atoms with Gasteiger partial charge in [-0.05, 0) is 18.2 Å². The third-order valence-electron chi connectivity index (χ3n) is 3.39. The summed E-state index contributed by atoms with van der Waals surface area (Å²) in [5, 5.41) is 0. The molecule has 3 rings (SSSR count). The number of hydrogen-bond donors (Lipinski definition) is 1. The molecule has 2 unspecified atom stereocenters. The van der Waals surface area contributed by atoms with Crippen molar-refractivity contribution in [2.75, 3.05) is 7.05 Å². The van der Waals surface area contributed by atoms with Crippen molar-refractivity contribution < 1.29 is 4.90 Å². The second-order valence-corrected chi connectivity index (χ2v) is 4.54. The van der Waals surface area contributed by atoms with Crippen LogP contribution in [0.4, 0.5) is 5.69 Å². The van der Waals surface area contributed by atoms with Gasteiger partial charge in [0.2, 0.25) is 0 Å². The van der Waals surface area contributed by atoms with E-state index >= 15 is 0 Å². The van der Waals surface area contributed by atoms with E-state index in [4.69, 9.17) is 0 Å². The molecule has 3 heteroatoms. The maximum absolute atomic E-state index is 4.49. The number of fused-ring (bicyclic) bond motifs is 1. The second kappa shape index (κ2) is 3.86. The highest BCUT2D eigenvalue weighted by Crippen LogP contribution is 2.29. The first-order valence-electron chi connectivity index (χ1n) is 5.85. The first kappa shape index (κ1) is 10.3. The van der Waals surface area contributed by atoms with Gasteiger partial charge in [0.05, 0.1) is 18.4 Å². The van der Waals surface area contributed by atoms with Gasteiger partial charge in [0, 0.05) is 18.8 Å².